The van der Waals surface area contributed by atoms with E-state index in [0.717, 1.165) is 0 Å². The molecule has 0 bridgehead atoms. The van der Waals surface area contributed by atoms with Crippen molar-refractivity contribution in [2.45, 2.75) is 33.1 Å². The van der Waals surface area contributed by atoms with E-state index in [-0.39, 0.29) is 11.6 Å². The Morgan fingerprint density at radius 1 is 1.36 bits per heavy atom. The van der Waals surface area contributed by atoms with Gasteiger partial charge in [-0.05, 0) is 6.92 Å². The minimum atomic E-state index is 0.0811. The Balaban J connectivity index is 2.55. The van der Waals surface area contributed by atoms with E-state index < -0.39 is 0 Å². The molecule has 1 fully saturated rings. The number of nitrogens with one attached hydrogen (secondary N) is 3. The lowest BCUT2D eigenvalue weighted by atomic mass is 9.90. The molecule has 3 nitrogen and oxygen atoms in total. The zero-order chi connectivity index (χ0) is 8.48. The third kappa shape index (κ3) is 1.80. The Labute approximate surface area is 68.2 Å². The molecular weight excluding hydrogens is 138 g/mol. The van der Waals surface area contributed by atoms with E-state index in [9.17, 15) is 0 Å². The van der Waals surface area contributed by atoms with Gasteiger partial charge in [-0.1, -0.05) is 19.9 Å². The van der Waals surface area contributed by atoms with E-state index in [1.807, 2.05) is 6.08 Å². The third-order valence-electron chi connectivity index (χ3n) is 2.13. The summed E-state index contributed by atoms with van der Waals surface area (Å²) in [5.41, 5.74) is 6.35. The summed E-state index contributed by atoms with van der Waals surface area (Å²) in [6.45, 7) is 10.2. The first-order chi connectivity index (χ1) is 5.06. The zero-order valence-corrected chi connectivity index (χ0v) is 7.44. The summed E-state index contributed by atoms with van der Waals surface area (Å²) in [5, 5.41) is 3.35. The lowest BCUT2D eigenvalue weighted by molar-refractivity contribution is 0.304. The first-order valence-electron chi connectivity index (χ1n) is 3.97. The molecule has 1 saturated heterocycles. The van der Waals surface area contributed by atoms with E-state index in [1.54, 1.807) is 0 Å². The van der Waals surface area contributed by atoms with Crippen LogP contribution in [0.5, 0.6) is 0 Å². The quantitative estimate of drug-likeness (QED) is 0.510. The molecule has 0 aromatic heterocycles. The summed E-state index contributed by atoms with van der Waals surface area (Å²) in [5.74, 6) is 0. The van der Waals surface area contributed by atoms with Gasteiger partial charge in [0, 0.05) is 5.41 Å². The van der Waals surface area contributed by atoms with Crippen LogP contribution in [0.3, 0.4) is 0 Å². The van der Waals surface area contributed by atoms with Gasteiger partial charge in [0.25, 0.3) is 0 Å². The van der Waals surface area contributed by atoms with Crippen molar-refractivity contribution in [3.05, 3.63) is 12.7 Å². The van der Waals surface area contributed by atoms with Gasteiger partial charge in [-0.2, -0.15) is 0 Å². The largest absolute Gasteiger partial charge is 0.284 e. The highest BCUT2D eigenvalue weighted by molar-refractivity contribution is 4.97. The molecule has 3 N–H and O–H groups in total. The summed E-state index contributed by atoms with van der Waals surface area (Å²) in [6.07, 6.45) is 2.56. The molecule has 0 spiro atoms. The molecule has 11 heavy (non-hydrogen) atoms. The number of hydrazine groups is 1. The fraction of sp³-hybridized carbons (Fsp3) is 0.750. The molecule has 64 valence electrons. The van der Waals surface area contributed by atoms with Crippen molar-refractivity contribution in [2.24, 2.45) is 5.41 Å². The van der Waals surface area contributed by atoms with E-state index in [0.29, 0.717) is 6.17 Å². The standard InChI is InChI=1S/C8H17N3/c1-5-8(3,4)7-9-6(2)10-11-7/h5-7,9-11H,1H2,2-4H3. The van der Waals surface area contributed by atoms with Gasteiger partial charge in [0.15, 0.2) is 0 Å². The predicted octanol–water partition coefficient (Wildman–Crippen LogP) is 0.568. The van der Waals surface area contributed by atoms with Crippen molar-refractivity contribution in [3.63, 3.8) is 0 Å². The SMILES string of the molecule is C=CC(C)(C)C1NNC(C)N1. The minimum Gasteiger partial charge on any atom is -0.284 e. The van der Waals surface area contributed by atoms with Gasteiger partial charge in [0.2, 0.25) is 0 Å². The Morgan fingerprint density at radius 2 is 2.00 bits per heavy atom. The van der Waals surface area contributed by atoms with Crippen LogP contribution in [0.2, 0.25) is 0 Å². The molecule has 0 amide bonds. The van der Waals surface area contributed by atoms with Gasteiger partial charge in [-0.3, -0.25) is 5.32 Å². The lowest BCUT2D eigenvalue weighted by Crippen LogP contribution is -2.45. The van der Waals surface area contributed by atoms with Crippen molar-refractivity contribution in [3.8, 4) is 0 Å². The van der Waals surface area contributed by atoms with Crippen LogP contribution in [0.15, 0.2) is 12.7 Å². The Kier molecular flexibility index (Phi) is 2.32. The van der Waals surface area contributed by atoms with E-state index in [1.165, 1.54) is 0 Å². The molecule has 1 aliphatic heterocycles. The van der Waals surface area contributed by atoms with Crippen LogP contribution in [0.4, 0.5) is 0 Å². The second-order valence-corrected chi connectivity index (χ2v) is 3.64. The Hall–Kier alpha value is -0.380. The molecular formula is C8H17N3. The molecule has 1 heterocycles. The van der Waals surface area contributed by atoms with Crippen molar-refractivity contribution >= 4 is 0 Å². The summed E-state index contributed by atoms with van der Waals surface area (Å²) in [6, 6.07) is 0. The number of hydrogen-bond acceptors (Lipinski definition) is 3. The second kappa shape index (κ2) is 2.93. The third-order valence-corrected chi connectivity index (χ3v) is 2.13. The van der Waals surface area contributed by atoms with Gasteiger partial charge in [0.05, 0.1) is 12.3 Å². The van der Waals surface area contributed by atoms with E-state index in [4.69, 9.17) is 0 Å². The molecule has 0 radical (unpaired) electrons. The van der Waals surface area contributed by atoms with Crippen molar-refractivity contribution in [1.29, 1.82) is 0 Å². The van der Waals surface area contributed by atoms with Gasteiger partial charge in [-0.25, -0.2) is 10.9 Å². The first kappa shape index (κ1) is 8.71. The molecule has 2 atom stereocenters. The predicted molar refractivity (Wildman–Crippen MR) is 46.6 cm³/mol. The van der Waals surface area contributed by atoms with E-state index in [2.05, 4.69) is 43.5 Å². The molecule has 1 aliphatic rings. The first-order valence-corrected chi connectivity index (χ1v) is 3.97. The Bertz CT molecular complexity index is 153. The highest BCUT2D eigenvalue weighted by atomic mass is 15.5. The monoisotopic (exact) mass is 155 g/mol. The molecule has 0 aliphatic carbocycles. The molecule has 3 heteroatoms. The highest BCUT2D eigenvalue weighted by Gasteiger charge is 2.31. The topological polar surface area (TPSA) is 36.1 Å². The summed E-state index contributed by atoms with van der Waals surface area (Å²) < 4.78 is 0. The molecule has 0 saturated carbocycles. The van der Waals surface area contributed by atoms with Gasteiger partial charge >= 0.3 is 0 Å². The van der Waals surface area contributed by atoms with Crippen LogP contribution in [-0.2, 0) is 0 Å². The lowest BCUT2D eigenvalue weighted by Gasteiger charge is -2.27. The van der Waals surface area contributed by atoms with Crippen molar-refractivity contribution < 1.29 is 0 Å². The van der Waals surface area contributed by atoms with Crippen LogP contribution in [-0.4, -0.2) is 12.3 Å². The Morgan fingerprint density at radius 3 is 2.36 bits per heavy atom. The van der Waals surface area contributed by atoms with Crippen LogP contribution < -0.4 is 16.2 Å². The van der Waals surface area contributed by atoms with Crippen LogP contribution in [0, 0.1) is 5.41 Å². The van der Waals surface area contributed by atoms with E-state index >= 15 is 0 Å². The minimum absolute atomic E-state index is 0.0811. The summed E-state index contributed by atoms with van der Waals surface area (Å²) >= 11 is 0. The molecule has 0 aromatic carbocycles. The van der Waals surface area contributed by atoms with Crippen LogP contribution in [0.25, 0.3) is 0 Å². The fourth-order valence-electron chi connectivity index (χ4n) is 1.06. The smallest absolute Gasteiger partial charge is 0.0803 e. The average Bonchev–Trinajstić information content (AvgIpc) is 2.36. The molecule has 0 aromatic rings. The normalized spacial score (nSPS) is 32.3. The summed E-state index contributed by atoms with van der Waals surface area (Å²) in [4.78, 5) is 0. The highest BCUT2D eigenvalue weighted by Crippen LogP contribution is 2.21. The second-order valence-electron chi connectivity index (χ2n) is 3.64. The van der Waals surface area contributed by atoms with Gasteiger partial charge < -0.3 is 0 Å². The molecule has 2 unspecified atom stereocenters. The zero-order valence-electron chi connectivity index (χ0n) is 7.44. The van der Waals surface area contributed by atoms with Crippen LogP contribution in [0.1, 0.15) is 20.8 Å². The fourth-order valence-corrected chi connectivity index (χ4v) is 1.06. The van der Waals surface area contributed by atoms with Gasteiger partial charge in [0.1, 0.15) is 0 Å². The number of rotatable bonds is 2. The maximum atomic E-state index is 3.79. The number of hydrogen-bond donors (Lipinski definition) is 3. The van der Waals surface area contributed by atoms with Gasteiger partial charge in [-0.15, -0.1) is 6.58 Å². The summed E-state index contributed by atoms with van der Waals surface area (Å²) in [7, 11) is 0. The average molecular weight is 155 g/mol. The maximum Gasteiger partial charge on any atom is 0.0803 e. The van der Waals surface area contributed by atoms with Crippen LogP contribution >= 0.6 is 0 Å². The molecule has 1 rings (SSSR count). The van der Waals surface area contributed by atoms with Crippen molar-refractivity contribution in [2.75, 3.05) is 0 Å². The maximum absolute atomic E-state index is 3.79. The van der Waals surface area contributed by atoms with Crippen molar-refractivity contribution in [1.82, 2.24) is 16.2 Å².